The molecule has 6 heteroatoms. The summed E-state index contributed by atoms with van der Waals surface area (Å²) in [6, 6.07) is 26.0. The molecule has 2 aliphatic carbocycles. The lowest BCUT2D eigenvalue weighted by Gasteiger charge is -2.48. The Morgan fingerprint density at radius 2 is 1.47 bits per heavy atom. The molecule has 3 aromatic carbocycles. The summed E-state index contributed by atoms with van der Waals surface area (Å²) < 4.78 is 0. The van der Waals surface area contributed by atoms with Crippen molar-refractivity contribution in [2.24, 2.45) is 5.92 Å². The number of benzene rings is 3. The van der Waals surface area contributed by atoms with Gasteiger partial charge >= 0.3 is 5.97 Å². The fourth-order valence-electron chi connectivity index (χ4n) is 6.50. The second kappa shape index (κ2) is 10.1. The summed E-state index contributed by atoms with van der Waals surface area (Å²) >= 11 is 0. The minimum absolute atomic E-state index is 0.00437. The van der Waals surface area contributed by atoms with E-state index in [2.05, 4.69) is 12.1 Å². The van der Waals surface area contributed by atoms with E-state index in [1.165, 1.54) is 0 Å². The van der Waals surface area contributed by atoms with Gasteiger partial charge < -0.3 is 14.9 Å². The van der Waals surface area contributed by atoms with E-state index >= 15 is 0 Å². The third-order valence-corrected chi connectivity index (χ3v) is 8.32. The highest BCUT2D eigenvalue weighted by molar-refractivity contribution is 6.07. The van der Waals surface area contributed by atoms with Crippen LogP contribution in [0.5, 0.6) is 0 Å². The van der Waals surface area contributed by atoms with Gasteiger partial charge in [-0.15, -0.1) is 0 Å². The molecule has 3 aromatic rings. The average Bonchev–Trinajstić information content (AvgIpc) is 3.67. The first kappa shape index (κ1) is 24.4. The Kier molecular flexibility index (Phi) is 6.48. The number of carbonyl (C=O) groups is 3. The molecule has 6 rings (SSSR count). The number of carboxylic acids is 1. The Bertz CT molecular complexity index is 1350. The van der Waals surface area contributed by atoms with Crippen LogP contribution in [0.25, 0.3) is 11.1 Å². The molecule has 0 spiro atoms. The molecule has 2 saturated carbocycles. The second-order valence-electron chi connectivity index (χ2n) is 10.7. The first-order valence-corrected chi connectivity index (χ1v) is 13.6. The SMILES string of the molecule is O=C(O)CCC(=O)N(C1CC1)C1c2ccccc2N(C(=O)c2ccc(-c3ccccc3)cc2)C2CCCC21. The lowest BCUT2D eigenvalue weighted by Crippen LogP contribution is -2.52. The fourth-order valence-corrected chi connectivity index (χ4v) is 6.50. The van der Waals surface area contributed by atoms with Gasteiger partial charge in [0.15, 0.2) is 0 Å². The van der Waals surface area contributed by atoms with Crippen LogP contribution in [0, 0.1) is 5.92 Å². The van der Waals surface area contributed by atoms with Crippen LogP contribution in [0.1, 0.15) is 66.9 Å². The number of nitrogens with zero attached hydrogens (tertiary/aromatic N) is 2. The summed E-state index contributed by atoms with van der Waals surface area (Å²) in [6.45, 7) is 0. The van der Waals surface area contributed by atoms with E-state index < -0.39 is 5.97 Å². The molecule has 2 amide bonds. The summed E-state index contributed by atoms with van der Waals surface area (Å²) in [6.07, 6.45) is 4.59. The number of carbonyl (C=O) groups excluding carboxylic acids is 2. The topological polar surface area (TPSA) is 77.9 Å². The van der Waals surface area contributed by atoms with Gasteiger partial charge in [-0.3, -0.25) is 14.4 Å². The maximum Gasteiger partial charge on any atom is 0.303 e. The zero-order chi connectivity index (χ0) is 26.2. The van der Waals surface area contributed by atoms with Crippen molar-refractivity contribution in [3.63, 3.8) is 0 Å². The lowest BCUT2D eigenvalue weighted by molar-refractivity contribution is -0.142. The quantitative estimate of drug-likeness (QED) is 0.420. The van der Waals surface area contributed by atoms with Crippen LogP contribution in [0.15, 0.2) is 78.9 Å². The molecule has 3 aliphatic rings. The van der Waals surface area contributed by atoms with E-state index in [4.69, 9.17) is 0 Å². The molecule has 1 heterocycles. The highest BCUT2D eigenvalue weighted by atomic mass is 16.4. The van der Waals surface area contributed by atoms with Gasteiger partial charge in [0.2, 0.25) is 5.91 Å². The van der Waals surface area contributed by atoms with Gasteiger partial charge in [-0.05, 0) is 60.6 Å². The van der Waals surface area contributed by atoms with E-state index in [1.807, 2.05) is 76.5 Å². The van der Waals surface area contributed by atoms with E-state index in [1.54, 1.807) is 0 Å². The fraction of sp³-hybridized carbons (Fsp3) is 0.344. The molecule has 3 atom stereocenters. The third-order valence-electron chi connectivity index (χ3n) is 8.32. The number of hydrogen-bond acceptors (Lipinski definition) is 3. The number of fused-ring (bicyclic) bond motifs is 2. The van der Waals surface area contributed by atoms with E-state index in [-0.39, 0.29) is 48.7 Å². The van der Waals surface area contributed by atoms with Crippen LogP contribution >= 0.6 is 0 Å². The number of para-hydroxylation sites is 1. The van der Waals surface area contributed by atoms with Crippen molar-refractivity contribution in [1.29, 1.82) is 0 Å². The van der Waals surface area contributed by atoms with Crippen LogP contribution in [-0.4, -0.2) is 39.9 Å². The normalized spacial score (nSPS) is 21.9. The minimum atomic E-state index is -0.952. The largest absolute Gasteiger partial charge is 0.481 e. The third kappa shape index (κ3) is 4.49. The number of rotatable bonds is 7. The Labute approximate surface area is 222 Å². The summed E-state index contributed by atoms with van der Waals surface area (Å²) in [7, 11) is 0. The number of anilines is 1. The van der Waals surface area contributed by atoms with Crippen LogP contribution in [0.3, 0.4) is 0 Å². The number of carboxylic acid groups (broad SMARTS) is 1. The molecular weight excluding hydrogens is 476 g/mol. The molecule has 1 aliphatic heterocycles. The van der Waals surface area contributed by atoms with Crippen molar-refractivity contribution in [2.45, 2.75) is 63.1 Å². The molecule has 0 bridgehead atoms. The number of hydrogen-bond donors (Lipinski definition) is 1. The highest BCUT2D eigenvalue weighted by Crippen LogP contribution is 2.53. The molecule has 1 N–H and O–H groups in total. The van der Waals surface area contributed by atoms with Crippen LogP contribution < -0.4 is 4.90 Å². The summed E-state index contributed by atoms with van der Waals surface area (Å²) in [4.78, 5) is 42.6. The van der Waals surface area contributed by atoms with E-state index in [9.17, 15) is 19.5 Å². The van der Waals surface area contributed by atoms with Crippen LogP contribution in [0.4, 0.5) is 5.69 Å². The van der Waals surface area contributed by atoms with Crippen molar-refractivity contribution >= 4 is 23.5 Å². The molecule has 0 aromatic heterocycles. The van der Waals surface area contributed by atoms with Crippen molar-refractivity contribution in [3.05, 3.63) is 90.0 Å². The van der Waals surface area contributed by atoms with Gasteiger partial charge in [0.1, 0.15) is 0 Å². The molecule has 2 fully saturated rings. The van der Waals surface area contributed by atoms with Gasteiger partial charge in [0, 0.05) is 35.7 Å². The highest BCUT2D eigenvalue weighted by Gasteiger charge is 2.51. The van der Waals surface area contributed by atoms with Crippen molar-refractivity contribution in [2.75, 3.05) is 4.90 Å². The smallest absolute Gasteiger partial charge is 0.303 e. The zero-order valence-corrected chi connectivity index (χ0v) is 21.3. The van der Waals surface area contributed by atoms with E-state index in [0.29, 0.717) is 5.56 Å². The number of amides is 2. The van der Waals surface area contributed by atoms with Crippen LogP contribution in [-0.2, 0) is 9.59 Å². The average molecular weight is 509 g/mol. The predicted octanol–water partition coefficient (Wildman–Crippen LogP) is 6.08. The van der Waals surface area contributed by atoms with Crippen molar-refractivity contribution < 1.29 is 19.5 Å². The number of aliphatic carboxylic acids is 1. The zero-order valence-electron chi connectivity index (χ0n) is 21.3. The standard InChI is InChI=1S/C32H32N2O4/c35-29(19-20-30(36)37)33(24-17-18-24)31-25-9-4-5-11-27(25)34(28-12-6-10-26(28)31)32(38)23-15-13-22(14-16-23)21-7-2-1-3-8-21/h1-5,7-9,11,13-16,24,26,28,31H,6,10,12,17-20H2,(H,36,37). The van der Waals surface area contributed by atoms with Crippen LogP contribution in [0.2, 0.25) is 0 Å². The Balaban J connectivity index is 1.35. The molecular formula is C32H32N2O4. The van der Waals surface area contributed by atoms with Gasteiger partial charge in [-0.2, -0.15) is 0 Å². The Hall–Kier alpha value is -3.93. The molecule has 194 valence electrons. The van der Waals surface area contributed by atoms with E-state index in [0.717, 1.165) is 54.5 Å². The maximum atomic E-state index is 14.1. The minimum Gasteiger partial charge on any atom is -0.481 e. The van der Waals surface area contributed by atoms with Gasteiger partial charge in [-0.25, -0.2) is 0 Å². The van der Waals surface area contributed by atoms with Crippen molar-refractivity contribution in [3.8, 4) is 11.1 Å². The summed E-state index contributed by atoms with van der Waals surface area (Å²) in [5.74, 6) is -0.919. The first-order valence-electron chi connectivity index (χ1n) is 13.6. The monoisotopic (exact) mass is 508 g/mol. The van der Waals surface area contributed by atoms with Crippen molar-refractivity contribution in [1.82, 2.24) is 4.90 Å². The molecule has 38 heavy (non-hydrogen) atoms. The molecule has 3 unspecified atom stereocenters. The lowest BCUT2D eigenvalue weighted by atomic mass is 9.81. The molecule has 0 radical (unpaired) electrons. The molecule has 6 nitrogen and oxygen atoms in total. The molecule has 0 saturated heterocycles. The predicted molar refractivity (Wildman–Crippen MR) is 146 cm³/mol. The van der Waals surface area contributed by atoms with Gasteiger partial charge in [0.25, 0.3) is 5.91 Å². The Morgan fingerprint density at radius 1 is 0.789 bits per heavy atom. The first-order chi connectivity index (χ1) is 18.5. The second-order valence-corrected chi connectivity index (χ2v) is 10.7. The maximum absolute atomic E-state index is 14.1. The summed E-state index contributed by atoms with van der Waals surface area (Å²) in [5, 5.41) is 9.19. The van der Waals surface area contributed by atoms with Gasteiger partial charge in [-0.1, -0.05) is 67.1 Å². The van der Waals surface area contributed by atoms with Gasteiger partial charge in [0.05, 0.1) is 12.5 Å². The Morgan fingerprint density at radius 3 is 2.18 bits per heavy atom. The summed E-state index contributed by atoms with van der Waals surface area (Å²) in [5.41, 5.74) is 4.70.